The first-order valence-corrected chi connectivity index (χ1v) is 7.07. The molecule has 0 aliphatic rings. The van der Waals surface area contributed by atoms with Crippen LogP contribution in [0.15, 0.2) is 47.1 Å². The number of nitrogens with one attached hydrogen (secondary N) is 1. The molecule has 0 aliphatic carbocycles. The Balaban J connectivity index is 1.85. The van der Waals surface area contributed by atoms with E-state index in [9.17, 15) is 0 Å². The molecule has 0 saturated heterocycles. The van der Waals surface area contributed by atoms with Gasteiger partial charge in [0, 0.05) is 17.1 Å². The van der Waals surface area contributed by atoms with Crippen LogP contribution in [0.2, 0.25) is 0 Å². The van der Waals surface area contributed by atoms with Gasteiger partial charge >= 0.3 is 0 Å². The molecule has 0 saturated carbocycles. The van der Waals surface area contributed by atoms with E-state index < -0.39 is 0 Å². The van der Waals surface area contributed by atoms with E-state index in [1.54, 1.807) is 6.20 Å². The topological polar surface area (TPSA) is 41.6 Å². The summed E-state index contributed by atoms with van der Waals surface area (Å²) in [4.78, 5) is 12.2. The van der Waals surface area contributed by atoms with Crippen LogP contribution in [0.25, 0.3) is 11.2 Å². The number of hydrogen-bond acceptors (Lipinski definition) is 2. The molecule has 0 aliphatic heterocycles. The SMILES string of the molecule is CC(Cc1nc2ncc(Br)cc2[nH]1)c1ccccc1. The first kappa shape index (κ1) is 12.4. The summed E-state index contributed by atoms with van der Waals surface area (Å²) < 4.78 is 0.964. The van der Waals surface area contributed by atoms with Gasteiger partial charge in [-0.2, -0.15) is 0 Å². The van der Waals surface area contributed by atoms with E-state index in [1.165, 1.54) is 5.56 Å². The van der Waals surface area contributed by atoms with Crippen LogP contribution in [0.5, 0.6) is 0 Å². The molecule has 1 aromatic carbocycles. The van der Waals surface area contributed by atoms with E-state index >= 15 is 0 Å². The molecular formula is C15H14BrN3. The Morgan fingerprint density at radius 1 is 1.26 bits per heavy atom. The van der Waals surface area contributed by atoms with Crippen molar-refractivity contribution in [1.82, 2.24) is 15.0 Å². The fourth-order valence-electron chi connectivity index (χ4n) is 2.21. The molecule has 3 nitrogen and oxygen atoms in total. The van der Waals surface area contributed by atoms with Gasteiger partial charge in [0.2, 0.25) is 0 Å². The summed E-state index contributed by atoms with van der Waals surface area (Å²) in [5.74, 6) is 1.42. The summed E-state index contributed by atoms with van der Waals surface area (Å²) in [5, 5.41) is 0. The number of rotatable bonds is 3. The fraction of sp³-hybridized carbons (Fsp3) is 0.200. The highest BCUT2D eigenvalue weighted by atomic mass is 79.9. The Labute approximate surface area is 120 Å². The fourth-order valence-corrected chi connectivity index (χ4v) is 2.54. The molecule has 0 fully saturated rings. The van der Waals surface area contributed by atoms with Crippen molar-refractivity contribution in [2.75, 3.05) is 0 Å². The summed E-state index contributed by atoms with van der Waals surface area (Å²) in [6.45, 7) is 2.21. The van der Waals surface area contributed by atoms with E-state index in [0.29, 0.717) is 5.92 Å². The third kappa shape index (κ3) is 2.68. The highest BCUT2D eigenvalue weighted by molar-refractivity contribution is 9.10. The van der Waals surface area contributed by atoms with Gasteiger partial charge in [-0.05, 0) is 33.5 Å². The minimum absolute atomic E-state index is 0.435. The summed E-state index contributed by atoms with van der Waals surface area (Å²) >= 11 is 3.42. The van der Waals surface area contributed by atoms with E-state index in [-0.39, 0.29) is 0 Å². The van der Waals surface area contributed by atoms with Gasteiger partial charge in [0.25, 0.3) is 0 Å². The zero-order valence-electron chi connectivity index (χ0n) is 10.6. The Morgan fingerprint density at radius 2 is 2.05 bits per heavy atom. The van der Waals surface area contributed by atoms with Crippen molar-refractivity contribution in [3.8, 4) is 0 Å². The largest absolute Gasteiger partial charge is 0.341 e. The Bertz CT molecular complexity index is 691. The monoisotopic (exact) mass is 315 g/mol. The normalized spacial score (nSPS) is 12.7. The van der Waals surface area contributed by atoms with Crippen molar-refractivity contribution in [2.45, 2.75) is 19.3 Å². The lowest BCUT2D eigenvalue weighted by molar-refractivity contribution is 0.728. The van der Waals surface area contributed by atoms with E-state index in [4.69, 9.17) is 0 Å². The maximum Gasteiger partial charge on any atom is 0.177 e. The minimum atomic E-state index is 0.435. The highest BCUT2D eigenvalue weighted by Gasteiger charge is 2.10. The lowest BCUT2D eigenvalue weighted by Crippen LogP contribution is -1.99. The van der Waals surface area contributed by atoms with Crippen molar-refractivity contribution < 1.29 is 0 Å². The first-order chi connectivity index (χ1) is 9.22. The quantitative estimate of drug-likeness (QED) is 0.791. The van der Waals surface area contributed by atoms with Crippen LogP contribution in [0.4, 0.5) is 0 Å². The predicted octanol–water partition coefficient (Wildman–Crippen LogP) is 4.07. The van der Waals surface area contributed by atoms with E-state index in [2.05, 4.69) is 62.1 Å². The lowest BCUT2D eigenvalue weighted by atomic mass is 9.98. The minimum Gasteiger partial charge on any atom is -0.341 e. The third-order valence-electron chi connectivity index (χ3n) is 3.22. The van der Waals surface area contributed by atoms with Crippen LogP contribution in [0.3, 0.4) is 0 Å². The highest BCUT2D eigenvalue weighted by Crippen LogP contribution is 2.21. The number of hydrogen-bond donors (Lipinski definition) is 1. The van der Waals surface area contributed by atoms with Crippen LogP contribution in [0, 0.1) is 0 Å². The Kier molecular flexibility index (Phi) is 3.34. The molecule has 1 atom stereocenters. The third-order valence-corrected chi connectivity index (χ3v) is 3.65. The van der Waals surface area contributed by atoms with Crippen molar-refractivity contribution in [3.05, 3.63) is 58.5 Å². The van der Waals surface area contributed by atoms with Gasteiger partial charge in [-0.1, -0.05) is 37.3 Å². The average molecular weight is 316 g/mol. The second-order valence-electron chi connectivity index (χ2n) is 4.72. The standard InChI is InChI=1S/C15H14BrN3/c1-10(11-5-3-2-4-6-11)7-14-18-13-8-12(16)9-17-15(13)19-14/h2-6,8-10H,7H2,1H3,(H,17,18,19). The van der Waals surface area contributed by atoms with Gasteiger partial charge in [-0.15, -0.1) is 0 Å². The molecule has 2 heterocycles. The molecule has 0 amide bonds. The average Bonchev–Trinajstić information content (AvgIpc) is 2.81. The smallest absolute Gasteiger partial charge is 0.177 e. The van der Waals surface area contributed by atoms with Gasteiger partial charge in [-0.3, -0.25) is 0 Å². The second-order valence-corrected chi connectivity index (χ2v) is 5.64. The molecule has 0 radical (unpaired) electrons. The van der Waals surface area contributed by atoms with Gasteiger partial charge in [0.05, 0.1) is 5.52 Å². The van der Waals surface area contributed by atoms with Gasteiger partial charge in [0.1, 0.15) is 5.82 Å². The van der Waals surface area contributed by atoms with Crippen LogP contribution < -0.4 is 0 Å². The number of H-pyrrole nitrogens is 1. The van der Waals surface area contributed by atoms with Crippen LogP contribution in [-0.4, -0.2) is 15.0 Å². The van der Waals surface area contributed by atoms with Crippen molar-refractivity contribution >= 4 is 27.1 Å². The molecule has 0 bridgehead atoms. The van der Waals surface area contributed by atoms with Gasteiger partial charge in [0.15, 0.2) is 5.65 Å². The van der Waals surface area contributed by atoms with Crippen LogP contribution >= 0.6 is 15.9 Å². The molecular weight excluding hydrogens is 302 g/mol. The summed E-state index contributed by atoms with van der Waals surface area (Å²) in [6, 6.07) is 12.5. The number of imidazole rings is 1. The number of benzene rings is 1. The first-order valence-electron chi connectivity index (χ1n) is 6.27. The molecule has 2 aromatic heterocycles. The molecule has 3 aromatic rings. The zero-order valence-corrected chi connectivity index (χ0v) is 12.2. The lowest BCUT2D eigenvalue weighted by Gasteiger charge is -2.09. The molecule has 4 heteroatoms. The number of fused-ring (bicyclic) bond motifs is 1. The maximum atomic E-state index is 4.53. The van der Waals surface area contributed by atoms with Gasteiger partial charge in [-0.25, -0.2) is 9.97 Å². The molecule has 19 heavy (non-hydrogen) atoms. The predicted molar refractivity (Wildman–Crippen MR) is 80.1 cm³/mol. The second kappa shape index (κ2) is 5.13. The van der Waals surface area contributed by atoms with Gasteiger partial charge < -0.3 is 4.98 Å². The number of aromatic amines is 1. The zero-order chi connectivity index (χ0) is 13.2. The molecule has 1 unspecified atom stereocenters. The van der Waals surface area contributed by atoms with Crippen molar-refractivity contribution in [3.63, 3.8) is 0 Å². The Morgan fingerprint density at radius 3 is 2.84 bits per heavy atom. The van der Waals surface area contributed by atoms with E-state index in [0.717, 1.165) is 27.9 Å². The van der Waals surface area contributed by atoms with Crippen molar-refractivity contribution in [1.29, 1.82) is 0 Å². The molecule has 0 spiro atoms. The Hall–Kier alpha value is -1.68. The molecule has 3 rings (SSSR count). The van der Waals surface area contributed by atoms with Crippen LogP contribution in [0.1, 0.15) is 24.2 Å². The summed E-state index contributed by atoms with van der Waals surface area (Å²) in [7, 11) is 0. The summed E-state index contributed by atoms with van der Waals surface area (Å²) in [6.07, 6.45) is 2.66. The molecule has 1 N–H and O–H groups in total. The van der Waals surface area contributed by atoms with Crippen LogP contribution in [-0.2, 0) is 6.42 Å². The van der Waals surface area contributed by atoms with E-state index in [1.807, 2.05) is 12.1 Å². The maximum absolute atomic E-state index is 4.53. The number of aromatic nitrogens is 3. The van der Waals surface area contributed by atoms with Crippen molar-refractivity contribution in [2.24, 2.45) is 0 Å². The number of nitrogens with zero attached hydrogens (tertiary/aromatic N) is 2. The molecule has 96 valence electrons. The summed E-state index contributed by atoms with van der Waals surface area (Å²) in [5.41, 5.74) is 3.08. The number of pyridine rings is 1. The number of halogens is 1.